The van der Waals surface area contributed by atoms with E-state index in [1.807, 2.05) is 12.3 Å². The van der Waals surface area contributed by atoms with Gasteiger partial charge in [0.1, 0.15) is 0 Å². The third-order valence-corrected chi connectivity index (χ3v) is 3.84. The Morgan fingerprint density at radius 3 is 3.00 bits per heavy atom. The van der Waals surface area contributed by atoms with Crippen molar-refractivity contribution >= 4 is 22.4 Å². The highest BCUT2D eigenvalue weighted by Crippen LogP contribution is 2.36. The van der Waals surface area contributed by atoms with Crippen molar-refractivity contribution in [2.24, 2.45) is 5.73 Å². The van der Waals surface area contributed by atoms with E-state index in [-0.39, 0.29) is 0 Å². The van der Waals surface area contributed by atoms with E-state index in [9.17, 15) is 0 Å². The van der Waals surface area contributed by atoms with Crippen LogP contribution in [0, 0.1) is 6.92 Å². The molecule has 4 heteroatoms. The van der Waals surface area contributed by atoms with Gasteiger partial charge in [-0.05, 0) is 24.5 Å². The summed E-state index contributed by atoms with van der Waals surface area (Å²) in [6, 6.07) is 8.32. The molecular formula is C13H13N3S. The van der Waals surface area contributed by atoms with Gasteiger partial charge in [-0.1, -0.05) is 18.2 Å². The third-order valence-electron chi connectivity index (χ3n) is 2.98. The van der Waals surface area contributed by atoms with Gasteiger partial charge in [-0.15, -0.1) is 0 Å². The first-order valence-corrected chi connectivity index (χ1v) is 6.30. The standard InChI is InChI=1S/C13H13N3S/c1-8-12(13-9(6-14)7-15-17-13)10-4-2-3-5-11(10)16-8/h2-5,7,16H,6,14H2,1H3. The molecule has 17 heavy (non-hydrogen) atoms. The lowest BCUT2D eigenvalue weighted by Gasteiger charge is -2.00. The van der Waals surface area contributed by atoms with Crippen LogP contribution in [0.5, 0.6) is 0 Å². The van der Waals surface area contributed by atoms with E-state index in [0.717, 1.165) is 11.1 Å². The first-order chi connectivity index (χ1) is 8.31. The lowest BCUT2D eigenvalue weighted by Crippen LogP contribution is -1.95. The quantitative estimate of drug-likeness (QED) is 0.726. The number of hydrogen-bond donors (Lipinski definition) is 2. The van der Waals surface area contributed by atoms with E-state index >= 15 is 0 Å². The number of nitrogens with one attached hydrogen (secondary N) is 1. The molecule has 86 valence electrons. The summed E-state index contributed by atoms with van der Waals surface area (Å²) < 4.78 is 4.24. The first-order valence-electron chi connectivity index (χ1n) is 5.52. The summed E-state index contributed by atoms with van der Waals surface area (Å²) >= 11 is 1.51. The molecule has 1 aromatic carbocycles. The molecule has 0 aliphatic heterocycles. The van der Waals surface area contributed by atoms with E-state index in [2.05, 4.69) is 34.5 Å². The number of nitrogens with zero attached hydrogens (tertiary/aromatic N) is 1. The predicted molar refractivity (Wildman–Crippen MR) is 72.0 cm³/mol. The Balaban J connectivity index is 2.33. The first kappa shape index (κ1) is 10.5. The van der Waals surface area contributed by atoms with Crippen molar-refractivity contribution in [1.29, 1.82) is 0 Å². The Bertz CT molecular complexity index is 666. The number of aromatic nitrogens is 2. The van der Waals surface area contributed by atoms with Crippen molar-refractivity contribution in [3.05, 3.63) is 41.7 Å². The van der Waals surface area contributed by atoms with Gasteiger partial charge in [0.2, 0.25) is 0 Å². The normalized spacial score (nSPS) is 11.2. The van der Waals surface area contributed by atoms with E-state index in [4.69, 9.17) is 5.73 Å². The lowest BCUT2D eigenvalue weighted by atomic mass is 10.1. The highest BCUT2D eigenvalue weighted by atomic mass is 32.1. The molecule has 0 bridgehead atoms. The number of nitrogens with two attached hydrogens (primary N) is 1. The van der Waals surface area contributed by atoms with Gasteiger partial charge in [0.25, 0.3) is 0 Å². The van der Waals surface area contributed by atoms with Crippen LogP contribution in [-0.4, -0.2) is 9.36 Å². The fourth-order valence-corrected chi connectivity index (χ4v) is 3.07. The second-order valence-electron chi connectivity index (χ2n) is 4.05. The van der Waals surface area contributed by atoms with Crippen LogP contribution in [0.1, 0.15) is 11.3 Å². The molecule has 0 aliphatic rings. The molecule has 0 saturated carbocycles. The van der Waals surface area contributed by atoms with Gasteiger partial charge >= 0.3 is 0 Å². The molecular weight excluding hydrogens is 230 g/mol. The van der Waals surface area contributed by atoms with Gasteiger partial charge in [0.05, 0.1) is 4.88 Å². The minimum absolute atomic E-state index is 0.533. The molecule has 2 heterocycles. The maximum Gasteiger partial charge on any atom is 0.0618 e. The largest absolute Gasteiger partial charge is 0.358 e. The van der Waals surface area contributed by atoms with Crippen LogP contribution >= 0.6 is 11.5 Å². The van der Waals surface area contributed by atoms with Gasteiger partial charge in [-0.3, -0.25) is 0 Å². The number of para-hydroxylation sites is 1. The van der Waals surface area contributed by atoms with E-state index in [1.165, 1.54) is 33.1 Å². The maximum absolute atomic E-state index is 5.75. The fraction of sp³-hybridized carbons (Fsp3) is 0.154. The van der Waals surface area contributed by atoms with E-state index < -0.39 is 0 Å². The molecule has 3 N–H and O–H groups in total. The molecule has 2 aromatic heterocycles. The molecule has 0 unspecified atom stereocenters. The van der Waals surface area contributed by atoms with Gasteiger partial charge in [0.15, 0.2) is 0 Å². The van der Waals surface area contributed by atoms with Crippen LogP contribution in [0.25, 0.3) is 21.3 Å². The van der Waals surface area contributed by atoms with E-state index in [0.29, 0.717) is 6.54 Å². The summed E-state index contributed by atoms with van der Waals surface area (Å²) in [7, 11) is 0. The molecule has 0 atom stereocenters. The number of hydrogen-bond acceptors (Lipinski definition) is 3. The zero-order chi connectivity index (χ0) is 11.8. The van der Waals surface area contributed by atoms with Crippen LogP contribution in [0.2, 0.25) is 0 Å². The second-order valence-corrected chi connectivity index (χ2v) is 4.86. The van der Waals surface area contributed by atoms with E-state index in [1.54, 1.807) is 0 Å². The number of aromatic amines is 1. The SMILES string of the molecule is Cc1[nH]c2ccccc2c1-c1sncc1CN. The molecule has 3 nitrogen and oxygen atoms in total. The number of benzene rings is 1. The van der Waals surface area contributed by atoms with Crippen molar-refractivity contribution < 1.29 is 0 Å². The van der Waals surface area contributed by atoms with Crippen LogP contribution < -0.4 is 5.73 Å². The maximum atomic E-state index is 5.75. The molecule has 3 aromatic rings. The summed E-state index contributed by atoms with van der Waals surface area (Å²) in [5.74, 6) is 0. The smallest absolute Gasteiger partial charge is 0.0618 e. The average molecular weight is 243 g/mol. The zero-order valence-corrected chi connectivity index (χ0v) is 10.3. The van der Waals surface area contributed by atoms with Gasteiger partial charge < -0.3 is 10.7 Å². The predicted octanol–water partition coefficient (Wildman–Crippen LogP) is 3.06. The van der Waals surface area contributed by atoms with Crippen LogP contribution in [0.4, 0.5) is 0 Å². The summed E-state index contributed by atoms with van der Waals surface area (Å²) in [5.41, 5.74) is 10.4. The molecule has 0 spiro atoms. The second kappa shape index (κ2) is 3.98. The van der Waals surface area contributed by atoms with Gasteiger partial charge in [-0.2, -0.15) is 0 Å². The molecule has 0 saturated heterocycles. The third kappa shape index (κ3) is 1.57. The summed E-state index contributed by atoms with van der Waals surface area (Å²) in [4.78, 5) is 4.59. The summed E-state index contributed by atoms with van der Waals surface area (Å²) in [5, 5.41) is 1.24. The summed E-state index contributed by atoms with van der Waals surface area (Å²) in [6.07, 6.45) is 1.86. The Morgan fingerprint density at radius 1 is 1.35 bits per heavy atom. The van der Waals surface area contributed by atoms with Crippen LogP contribution in [-0.2, 0) is 6.54 Å². The summed E-state index contributed by atoms with van der Waals surface area (Å²) in [6.45, 7) is 2.63. The highest BCUT2D eigenvalue weighted by Gasteiger charge is 2.14. The molecule has 0 radical (unpaired) electrons. The van der Waals surface area contributed by atoms with Crippen molar-refractivity contribution in [3.63, 3.8) is 0 Å². The van der Waals surface area contributed by atoms with Gasteiger partial charge in [0, 0.05) is 40.5 Å². The average Bonchev–Trinajstić information content (AvgIpc) is 2.90. The van der Waals surface area contributed by atoms with Crippen molar-refractivity contribution in [2.75, 3.05) is 0 Å². The van der Waals surface area contributed by atoms with Gasteiger partial charge in [-0.25, -0.2) is 4.37 Å². The van der Waals surface area contributed by atoms with Crippen molar-refractivity contribution in [1.82, 2.24) is 9.36 Å². The number of H-pyrrole nitrogens is 1. The minimum atomic E-state index is 0.533. The Kier molecular flexibility index (Phi) is 2.46. The molecule has 0 amide bonds. The Morgan fingerprint density at radius 2 is 2.18 bits per heavy atom. The minimum Gasteiger partial charge on any atom is -0.358 e. The number of rotatable bonds is 2. The molecule has 0 aliphatic carbocycles. The lowest BCUT2D eigenvalue weighted by molar-refractivity contribution is 1.08. The highest BCUT2D eigenvalue weighted by molar-refractivity contribution is 7.09. The van der Waals surface area contributed by atoms with Crippen LogP contribution in [0.3, 0.4) is 0 Å². The topological polar surface area (TPSA) is 54.7 Å². The van der Waals surface area contributed by atoms with Crippen molar-refractivity contribution in [2.45, 2.75) is 13.5 Å². The monoisotopic (exact) mass is 243 g/mol. The number of fused-ring (bicyclic) bond motifs is 1. The number of aryl methyl sites for hydroxylation is 1. The fourth-order valence-electron chi connectivity index (χ4n) is 2.18. The molecule has 0 fully saturated rings. The zero-order valence-electron chi connectivity index (χ0n) is 9.53. The van der Waals surface area contributed by atoms with Crippen LogP contribution in [0.15, 0.2) is 30.5 Å². The Labute approximate surface area is 103 Å². The molecule has 3 rings (SSSR count). The Hall–Kier alpha value is -1.65. The van der Waals surface area contributed by atoms with Crippen molar-refractivity contribution in [3.8, 4) is 10.4 Å².